The van der Waals surface area contributed by atoms with Crippen molar-refractivity contribution in [3.63, 3.8) is 0 Å². The molecule has 47 heavy (non-hydrogen) atoms. The van der Waals surface area contributed by atoms with Gasteiger partial charge in [-0.05, 0) is 67.6 Å². The second-order valence-electron chi connectivity index (χ2n) is 11.0. The molecule has 2 atom stereocenters. The number of hydrogen-bond donors (Lipinski definition) is 3. The van der Waals surface area contributed by atoms with Crippen LogP contribution in [0.5, 0.6) is 0 Å². The first kappa shape index (κ1) is 30.5. The predicted molar refractivity (Wildman–Crippen MR) is 175 cm³/mol. The zero-order chi connectivity index (χ0) is 33.0. The number of pyridine rings is 1. The molecule has 1 aliphatic heterocycles. The highest BCUT2D eigenvalue weighted by Gasteiger charge is 2.30. The Kier molecular flexibility index (Phi) is 7.74. The van der Waals surface area contributed by atoms with Crippen molar-refractivity contribution >= 4 is 50.4 Å². The number of halogens is 2. The van der Waals surface area contributed by atoms with Crippen LogP contribution in [0.1, 0.15) is 29.9 Å². The number of amides is 1. The third-order valence-corrected chi connectivity index (χ3v) is 9.20. The number of aliphatic hydroxyl groups excluding tert-OH is 1. The molecule has 0 aliphatic carbocycles. The lowest BCUT2D eigenvalue weighted by atomic mass is 10.00. The Hall–Kier alpha value is -5.11. The van der Waals surface area contributed by atoms with Crippen molar-refractivity contribution in [1.82, 2.24) is 14.9 Å². The third-order valence-electron chi connectivity index (χ3n) is 8.38. The Morgan fingerprint density at radius 3 is 2.62 bits per heavy atom. The maximum atomic E-state index is 15.0. The van der Waals surface area contributed by atoms with Gasteiger partial charge in [-0.15, -0.1) is 0 Å². The average Bonchev–Trinajstić information content (AvgIpc) is 3.65. The Morgan fingerprint density at radius 2 is 1.91 bits per heavy atom. The molecule has 10 nitrogen and oxygen atoms in total. The van der Waals surface area contributed by atoms with Gasteiger partial charge in [0.15, 0.2) is 0 Å². The van der Waals surface area contributed by atoms with Crippen molar-refractivity contribution in [2.24, 2.45) is 0 Å². The first-order chi connectivity index (χ1) is 22.7. The van der Waals surface area contributed by atoms with Crippen LogP contribution in [0.4, 0.5) is 20.2 Å². The lowest BCUT2D eigenvalue weighted by molar-refractivity contribution is 0.0964. The largest absolute Gasteiger partial charge is 0.755 e. The Balaban J connectivity index is 1.49. The minimum Gasteiger partial charge on any atom is -0.755 e. The average molecular weight is 657 g/mol. The monoisotopic (exact) mass is 656 g/mol. The summed E-state index contributed by atoms with van der Waals surface area (Å²) in [6.45, 7) is 1.67. The smallest absolute Gasteiger partial charge is 0.255 e. The number of hydrogen-bond acceptors (Lipinski definition) is 7. The number of aromatic nitrogens is 2. The summed E-state index contributed by atoms with van der Waals surface area (Å²) in [7, 11) is 1.48. The van der Waals surface area contributed by atoms with Gasteiger partial charge in [-0.1, -0.05) is 6.07 Å². The fourth-order valence-corrected chi connectivity index (χ4v) is 6.80. The molecule has 3 aromatic heterocycles. The fourth-order valence-electron chi connectivity index (χ4n) is 6.28. The lowest BCUT2D eigenvalue weighted by Gasteiger charge is -2.31. The summed E-state index contributed by atoms with van der Waals surface area (Å²) in [5.41, 5.74) is 4.33. The van der Waals surface area contributed by atoms with Crippen LogP contribution < -0.4 is 14.9 Å². The molecule has 0 saturated carbocycles. The van der Waals surface area contributed by atoms with Crippen molar-refractivity contribution in [1.29, 1.82) is 0 Å². The van der Waals surface area contributed by atoms with Gasteiger partial charge in [0.2, 0.25) is 0 Å². The highest BCUT2D eigenvalue weighted by molar-refractivity contribution is 7.80. The standard InChI is InChI=1S/C34H29F2N5O5S/c1-3-40(47(44)45)27-17-29-22(31(34(43)37-2)33(46-29)18-7-9-19(35)10-8-18)15-21(27)24-11-12-25-32(39-24)28-16-20-23(36)5-4-6-26(20)41(28)30(38-25)13-14-42/h4-12,15-17,30,38,42H,3,13-14H2,1-2H3,(H,37,43)(H,44,45)/p-1. The van der Waals surface area contributed by atoms with Crippen molar-refractivity contribution < 1.29 is 31.9 Å². The number of furan rings is 1. The first-order valence-electron chi connectivity index (χ1n) is 14.9. The second-order valence-corrected chi connectivity index (χ2v) is 11.9. The quantitative estimate of drug-likeness (QED) is 0.163. The second kappa shape index (κ2) is 11.9. The molecule has 0 fully saturated rings. The van der Waals surface area contributed by atoms with E-state index in [4.69, 9.17) is 9.40 Å². The predicted octanol–water partition coefficient (Wildman–Crippen LogP) is 6.35. The minimum absolute atomic E-state index is 0.0886. The molecule has 6 aromatic rings. The van der Waals surface area contributed by atoms with Gasteiger partial charge in [-0.3, -0.25) is 9.00 Å². The molecule has 13 heteroatoms. The summed E-state index contributed by atoms with van der Waals surface area (Å²) in [5.74, 6) is -1.11. The van der Waals surface area contributed by atoms with Gasteiger partial charge in [0.05, 0.1) is 33.8 Å². The highest BCUT2D eigenvalue weighted by atomic mass is 32.2. The molecule has 4 heterocycles. The van der Waals surface area contributed by atoms with Crippen molar-refractivity contribution in [2.45, 2.75) is 19.5 Å². The molecule has 0 saturated heterocycles. The number of nitrogens with zero attached hydrogens (tertiary/aromatic N) is 3. The van der Waals surface area contributed by atoms with Gasteiger partial charge in [-0.25, -0.2) is 13.8 Å². The molecule has 0 spiro atoms. The minimum atomic E-state index is -2.68. The summed E-state index contributed by atoms with van der Waals surface area (Å²) in [6.07, 6.45) is -0.0133. The molecular formula is C34H28F2N5O5S-. The highest BCUT2D eigenvalue weighted by Crippen LogP contribution is 2.45. The number of aliphatic hydroxyl groups is 1. The molecule has 1 aliphatic rings. The molecule has 3 aromatic carbocycles. The number of fused-ring (bicyclic) bond motifs is 6. The normalized spacial score (nSPS) is 14.5. The van der Waals surface area contributed by atoms with Gasteiger partial charge in [0.25, 0.3) is 5.91 Å². The Morgan fingerprint density at radius 1 is 1.13 bits per heavy atom. The number of rotatable bonds is 8. The van der Waals surface area contributed by atoms with Gasteiger partial charge in [0, 0.05) is 65.9 Å². The van der Waals surface area contributed by atoms with E-state index in [1.165, 1.54) is 37.4 Å². The zero-order valence-corrected chi connectivity index (χ0v) is 26.0. The van der Waals surface area contributed by atoms with E-state index >= 15 is 0 Å². The van der Waals surface area contributed by atoms with Gasteiger partial charge < -0.3 is 33.6 Å². The number of anilines is 2. The first-order valence-corrected chi connectivity index (χ1v) is 15.9. The molecule has 3 N–H and O–H groups in total. The third kappa shape index (κ3) is 5.03. The van der Waals surface area contributed by atoms with Gasteiger partial charge >= 0.3 is 0 Å². The van der Waals surface area contributed by atoms with E-state index in [0.717, 1.165) is 4.31 Å². The van der Waals surface area contributed by atoms with Crippen LogP contribution >= 0.6 is 0 Å². The van der Waals surface area contributed by atoms with E-state index in [1.54, 1.807) is 49.4 Å². The number of carbonyl (C=O) groups excluding carboxylic acids is 1. The fraction of sp³-hybridized carbons (Fsp3) is 0.176. The Labute approximate surface area is 270 Å². The van der Waals surface area contributed by atoms with E-state index in [-0.39, 0.29) is 41.9 Å². The van der Waals surface area contributed by atoms with Gasteiger partial charge in [-0.2, -0.15) is 0 Å². The number of carbonyl (C=O) groups is 1. The van der Waals surface area contributed by atoms with Gasteiger partial charge in [0.1, 0.15) is 34.8 Å². The molecule has 0 radical (unpaired) electrons. The van der Waals surface area contributed by atoms with Crippen molar-refractivity contribution in [3.8, 4) is 34.0 Å². The van der Waals surface area contributed by atoms with Crippen LogP contribution in [0.15, 0.2) is 77.2 Å². The molecule has 0 bridgehead atoms. The summed E-state index contributed by atoms with van der Waals surface area (Å²) in [6, 6.07) is 18.8. The van der Waals surface area contributed by atoms with Crippen LogP contribution in [0, 0.1) is 11.6 Å². The molecule has 7 rings (SSSR count). The molecular weight excluding hydrogens is 628 g/mol. The number of nitrogens with one attached hydrogen (secondary N) is 2. The van der Waals surface area contributed by atoms with E-state index in [0.29, 0.717) is 56.6 Å². The van der Waals surface area contributed by atoms with E-state index in [1.807, 2.05) is 4.57 Å². The summed E-state index contributed by atoms with van der Waals surface area (Å²) < 4.78 is 62.9. The van der Waals surface area contributed by atoms with Crippen LogP contribution in [-0.4, -0.2) is 49.5 Å². The van der Waals surface area contributed by atoms with E-state index in [2.05, 4.69) is 10.6 Å². The maximum absolute atomic E-state index is 15.0. The Bertz CT molecular complexity index is 2220. The van der Waals surface area contributed by atoms with Crippen LogP contribution in [-0.2, 0) is 11.3 Å². The van der Waals surface area contributed by atoms with Crippen molar-refractivity contribution in [3.05, 3.63) is 90.0 Å². The zero-order valence-electron chi connectivity index (χ0n) is 25.2. The summed E-state index contributed by atoms with van der Waals surface area (Å²) in [4.78, 5) is 18.3. The van der Waals surface area contributed by atoms with E-state index in [9.17, 15) is 27.4 Å². The van der Waals surface area contributed by atoms with Crippen LogP contribution in [0.2, 0.25) is 0 Å². The molecule has 2 unspecified atom stereocenters. The maximum Gasteiger partial charge on any atom is 0.255 e. The van der Waals surface area contributed by atoms with Crippen LogP contribution in [0.3, 0.4) is 0 Å². The van der Waals surface area contributed by atoms with E-state index < -0.39 is 28.8 Å². The molecule has 240 valence electrons. The SMILES string of the molecule is CCN(c1cc2oc(-c3ccc(F)cc3)c(C(=O)NC)c2cc1-c1ccc2c(n1)-c1cc3c(F)cccc3n1C(CCO)N2)S(=O)[O-]. The number of benzene rings is 3. The summed E-state index contributed by atoms with van der Waals surface area (Å²) >= 11 is -2.68. The van der Waals surface area contributed by atoms with Crippen LogP contribution in [0.25, 0.3) is 55.8 Å². The lowest BCUT2D eigenvalue weighted by Crippen LogP contribution is -2.26. The van der Waals surface area contributed by atoms with Crippen molar-refractivity contribution in [2.75, 3.05) is 29.8 Å². The molecule has 1 amide bonds. The summed E-state index contributed by atoms with van der Waals surface area (Å²) in [5, 5.41) is 16.6. The topological polar surface area (TPSA) is 136 Å².